The van der Waals surface area contributed by atoms with Crippen molar-refractivity contribution >= 4 is 29.2 Å². The highest BCUT2D eigenvalue weighted by Crippen LogP contribution is 2.48. The Hall–Kier alpha value is -0.850. The molecule has 5 atom stereocenters. The van der Waals surface area contributed by atoms with Gasteiger partial charge in [-0.25, -0.2) is 0 Å². The fourth-order valence-corrected chi connectivity index (χ4v) is 4.65. The van der Waals surface area contributed by atoms with Gasteiger partial charge in [0.05, 0.1) is 29.2 Å². The fraction of sp³-hybridized carbons (Fsp3) is 0.611. The van der Waals surface area contributed by atoms with Crippen molar-refractivity contribution in [3.63, 3.8) is 0 Å². The molecule has 0 spiro atoms. The lowest BCUT2D eigenvalue weighted by Crippen LogP contribution is -2.50. The molecule has 0 aliphatic carbocycles. The van der Waals surface area contributed by atoms with E-state index in [1.807, 2.05) is 19.2 Å². The van der Waals surface area contributed by atoms with Gasteiger partial charge < -0.3 is 14.2 Å². The highest BCUT2D eigenvalue weighted by atomic mass is 35.5. The topological polar surface area (TPSA) is 48.0 Å². The molecule has 2 aliphatic heterocycles. The molecule has 0 amide bonds. The number of hydrogen-bond donors (Lipinski definition) is 0. The van der Waals surface area contributed by atoms with Gasteiger partial charge in [0.2, 0.25) is 0 Å². The van der Waals surface area contributed by atoms with Crippen molar-refractivity contribution in [1.82, 2.24) is 4.90 Å². The van der Waals surface area contributed by atoms with Gasteiger partial charge in [-0.15, -0.1) is 0 Å². The molecule has 0 N–H and O–H groups in total. The predicted octanol–water partition coefficient (Wildman–Crippen LogP) is 3.33. The molecule has 0 aromatic heterocycles. The van der Waals surface area contributed by atoms with E-state index in [2.05, 4.69) is 4.90 Å². The summed E-state index contributed by atoms with van der Waals surface area (Å²) in [5, 5.41) is 1.01. The van der Waals surface area contributed by atoms with Gasteiger partial charge in [0, 0.05) is 25.1 Å². The fourth-order valence-electron chi connectivity index (χ4n) is 4.34. The third kappa shape index (κ3) is 3.53. The van der Waals surface area contributed by atoms with Gasteiger partial charge in [0.1, 0.15) is 6.79 Å². The number of esters is 1. The average Bonchev–Trinajstić information content (AvgIpc) is 2.80. The standard InChI is InChI=1S/C18H23Cl2NO4/c1-21-14-7-11(10-4-5-12(19)13(20)6-10)17(18(22)24-3)15(21)8-16(14)25-9-23-2/h4-6,11,14-17H,7-9H2,1-3H3/t11-,14?,15?,16-,17-/m0/s1. The summed E-state index contributed by atoms with van der Waals surface area (Å²) in [5.41, 5.74) is 1.01. The van der Waals surface area contributed by atoms with E-state index < -0.39 is 0 Å². The maximum absolute atomic E-state index is 12.6. The van der Waals surface area contributed by atoms with Crippen LogP contribution in [0, 0.1) is 5.92 Å². The van der Waals surface area contributed by atoms with Crippen molar-refractivity contribution in [3.8, 4) is 0 Å². The monoisotopic (exact) mass is 387 g/mol. The van der Waals surface area contributed by atoms with Crippen molar-refractivity contribution < 1.29 is 19.0 Å². The van der Waals surface area contributed by atoms with Crippen LogP contribution in [0.5, 0.6) is 0 Å². The summed E-state index contributed by atoms with van der Waals surface area (Å²) in [7, 11) is 5.10. The molecule has 7 heteroatoms. The summed E-state index contributed by atoms with van der Waals surface area (Å²) in [6, 6.07) is 5.88. The van der Waals surface area contributed by atoms with Crippen molar-refractivity contribution in [2.75, 3.05) is 28.1 Å². The smallest absolute Gasteiger partial charge is 0.310 e. The number of carbonyl (C=O) groups excluding carboxylic acids is 1. The van der Waals surface area contributed by atoms with Crippen LogP contribution < -0.4 is 0 Å². The minimum Gasteiger partial charge on any atom is -0.469 e. The number of carbonyl (C=O) groups is 1. The third-order valence-corrected chi connectivity index (χ3v) is 6.28. The molecule has 2 heterocycles. The lowest BCUT2D eigenvalue weighted by Gasteiger charge is -2.42. The second kappa shape index (κ2) is 7.80. The van der Waals surface area contributed by atoms with Crippen LogP contribution >= 0.6 is 23.2 Å². The molecule has 25 heavy (non-hydrogen) atoms. The van der Waals surface area contributed by atoms with E-state index in [4.69, 9.17) is 37.4 Å². The Bertz CT molecular complexity index is 642. The molecule has 3 rings (SSSR count). The number of rotatable bonds is 5. The highest BCUT2D eigenvalue weighted by Gasteiger charge is 2.54. The van der Waals surface area contributed by atoms with Gasteiger partial charge in [-0.3, -0.25) is 9.69 Å². The normalized spacial score (nSPS) is 32.0. The van der Waals surface area contributed by atoms with Crippen LogP contribution in [0.25, 0.3) is 0 Å². The zero-order valence-corrected chi connectivity index (χ0v) is 16.1. The third-order valence-electron chi connectivity index (χ3n) is 5.54. The van der Waals surface area contributed by atoms with E-state index in [1.54, 1.807) is 13.2 Å². The largest absolute Gasteiger partial charge is 0.469 e. The maximum Gasteiger partial charge on any atom is 0.310 e. The maximum atomic E-state index is 12.6. The van der Waals surface area contributed by atoms with E-state index in [0.29, 0.717) is 10.0 Å². The van der Waals surface area contributed by atoms with Crippen LogP contribution in [0.15, 0.2) is 18.2 Å². The van der Waals surface area contributed by atoms with E-state index in [1.165, 1.54) is 7.11 Å². The lowest BCUT2D eigenvalue weighted by atomic mass is 9.76. The zero-order valence-electron chi connectivity index (χ0n) is 14.6. The Kier molecular flexibility index (Phi) is 5.91. The molecule has 0 saturated carbocycles. The van der Waals surface area contributed by atoms with E-state index in [0.717, 1.165) is 18.4 Å². The van der Waals surface area contributed by atoms with Crippen molar-refractivity contribution in [1.29, 1.82) is 0 Å². The molecule has 2 unspecified atom stereocenters. The summed E-state index contributed by atoms with van der Waals surface area (Å²) >= 11 is 12.3. The van der Waals surface area contributed by atoms with Crippen molar-refractivity contribution in [2.45, 2.75) is 36.9 Å². The summed E-state index contributed by atoms with van der Waals surface area (Å²) in [5.74, 6) is -0.442. The van der Waals surface area contributed by atoms with Gasteiger partial charge in [-0.2, -0.15) is 0 Å². The Labute approximate surface area is 158 Å². The molecule has 2 bridgehead atoms. The number of ether oxygens (including phenoxy) is 3. The first kappa shape index (κ1) is 18.9. The first-order valence-electron chi connectivity index (χ1n) is 8.33. The molecular weight excluding hydrogens is 365 g/mol. The molecule has 138 valence electrons. The molecular formula is C18H23Cl2NO4. The summed E-state index contributed by atoms with van der Waals surface area (Å²) in [6.07, 6.45) is 1.61. The molecule has 1 aromatic rings. The number of likely N-dealkylation sites (N-methyl/N-ethyl adjacent to an activating group) is 1. The number of piperidine rings is 1. The van der Waals surface area contributed by atoms with Crippen LogP contribution in [0.2, 0.25) is 10.0 Å². The van der Waals surface area contributed by atoms with E-state index in [-0.39, 0.29) is 42.8 Å². The summed E-state index contributed by atoms with van der Waals surface area (Å²) in [4.78, 5) is 14.8. The van der Waals surface area contributed by atoms with Gasteiger partial charge in [0.25, 0.3) is 0 Å². The molecule has 2 saturated heterocycles. The van der Waals surface area contributed by atoms with Crippen molar-refractivity contribution in [2.24, 2.45) is 5.92 Å². The Morgan fingerprint density at radius 2 is 1.96 bits per heavy atom. The Morgan fingerprint density at radius 1 is 1.20 bits per heavy atom. The van der Waals surface area contributed by atoms with Gasteiger partial charge in [-0.05, 0) is 37.6 Å². The second-order valence-corrected chi connectivity index (χ2v) is 7.53. The number of hydrogen-bond acceptors (Lipinski definition) is 5. The Morgan fingerprint density at radius 3 is 2.60 bits per heavy atom. The van der Waals surface area contributed by atoms with Crippen LogP contribution in [0.4, 0.5) is 0 Å². The number of methoxy groups -OCH3 is 2. The molecule has 2 fully saturated rings. The van der Waals surface area contributed by atoms with E-state index in [9.17, 15) is 4.79 Å². The van der Waals surface area contributed by atoms with Gasteiger partial charge >= 0.3 is 5.97 Å². The van der Waals surface area contributed by atoms with Crippen LogP contribution in [-0.4, -0.2) is 57.1 Å². The summed E-state index contributed by atoms with van der Waals surface area (Å²) < 4.78 is 16.0. The number of benzene rings is 1. The molecule has 0 radical (unpaired) electrons. The minimum atomic E-state index is -0.264. The molecule has 2 aliphatic rings. The Balaban J connectivity index is 1.93. The number of fused-ring (bicyclic) bond motifs is 2. The summed E-state index contributed by atoms with van der Waals surface area (Å²) in [6.45, 7) is 0.252. The lowest BCUT2D eigenvalue weighted by molar-refractivity contribution is -0.150. The van der Waals surface area contributed by atoms with Crippen molar-refractivity contribution in [3.05, 3.63) is 33.8 Å². The second-order valence-electron chi connectivity index (χ2n) is 6.71. The molecule has 5 nitrogen and oxygen atoms in total. The molecule has 1 aromatic carbocycles. The van der Waals surface area contributed by atoms with E-state index >= 15 is 0 Å². The quantitative estimate of drug-likeness (QED) is 0.572. The van der Waals surface area contributed by atoms with Crippen LogP contribution in [0.1, 0.15) is 24.3 Å². The van der Waals surface area contributed by atoms with Crippen LogP contribution in [-0.2, 0) is 19.0 Å². The number of nitrogens with zero attached hydrogens (tertiary/aromatic N) is 1. The first-order chi connectivity index (χ1) is 12.0. The zero-order chi connectivity index (χ0) is 18.1. The van der Waals surface area contributed by atoms with Gasteiger partial charge in [0.15, 0.2) is 0 Å². The highest BCUT2D eigenvalue weighted by molar-refractivity contribution is 6.42. The van der Waals surface area contributed by atoms with Crippen LogP contribution in [0.3, 0.4) is 0 Å². The number of halogens is 2. The first-order valence-corrected chi connectivity index (χ1v) is 9.08. The minimum absolute atomic E-state index is 0.0181. The average molecular weight is 388 g/mol. The predicted molar refractivity (Wildman–Crippen MR) is 96.0 cm³/mol. The van der Waals surface area contributed by atoms with Gasteiger partial charge in [-0.1, -0.05) is 29.3 Å². The SMILES string of the molecule is COCO[C@H]1CC2[C@@H](C(=O)OC)[C@H](c3ccc(Cl)c(Cl)c3)CC1N2C.